The van der Waals surface area contributed by atoms with Crippen LogP contribution in [-0.2, 0) is 6.61 Å². The summed E-state index contributed by atoms with van der Waals surface area (Å²) < 4.78 is 5.78. The molecule has 0 saturated carbocycles. The van der Waals surface area contributed by atoms with Gasteiger partial charge in [0.15, 0.2) is 0 Å². The van der Waals surface area contributed by atoms with Gasteiger partial charge in [-0.15, -0.1) is 0 Å². The van der Waals surface area contributed by atoms with Crippen molar-refractivity contribution in [3.63, 3.8) is 0 Å². The van der Waals surface area contributed by atoms with Gasteiger partial charge in [-0.1, -0.05) is 0 Å². The van der Waals surface area contributed by atoms with Crippen LogP contribution in [0.5, 0.6) is 17.2 Å². The van der Waals surface area contributed by atoms with Crippen LogP contribution in [0.2, 0.25) is 0 Å². The molecule has 1 aliphatic rings. The zero-order valence-corrected chi connectivity index (χ0v) is 11.2. The molecule has 2 aromatic rings. The van der Waals surface area contributed by atoms with Crippen LogP contribution in [0.1, 0.15) is 22.3 Å². The number of hydrogen-bond donors (Lipinski definition) is 2. The third kappa shape index (κ3) is 1.58. The second-order valence-electron chi connectivity index (χ2n) is 5.07. The largest absolute Gasteiger partial charge is 0.508 e. The summed E-state index contributed by atoms with van der Waals surface area (Å²) in [6.07, 6.45) is 0. The van der Waals surface area contributed by atoms with Gasteiger partial charge in [0.2, 0.25) is 0 Å². The van der Waals surface area contributed by atoms with Crippen LogP contribution in [0, 0.1) is 20.8 Å². The summed E-state index contributed by atoms with van der Waals surface area (Å²) in [6.45, 7) is 6.15. The number of benzene rings is 2. The standard InChI is InChI=1S/C16H16O3/c1-8-6-14(18)9(2)12-7-19-16-10(3)13(17)5-4-11(16)15(8)12/h4-6,17-18H,7H2,1-3H3. The van der Waals surface area contributed by atoms with Gasteiger partial charge in [0, 0.05) is 16.7 Å². The quantitative estimate of drug-likeness (QED) is 0.757. The normalized spacial score (nSPS) is 12.6. The first kappa shape index (κ1) is 11.9. The fourth-order valence-corrected chi connectivity index (χ4v) is 2.73. The van der Waals surface area contributed by atoms with Gasteiger partial charge in [0.05, 0.1) is 0 Å². The number of phenolic OH excluding ortho intramolecular Hbond substituents is 2. The summed E-state index contributed by atoms with van der Waals surface area (Å²) in [5.74, 6) is 1.29. The highest BCUT2D eigenvalue weighted by atomic mass is 16.5. The molecule has 0 bridgehead atoms. The molecule has 0 amide bonds. The average molecular weight is 256 g/mol. The molecule has 19 heavy (non-hydrogen) atoms. The molecule has 98 valence electrons. The number of aryl methyl sites for hydroxylation is 1. The van der Waals surface area contributed by atoms with Crippen molar-refractivity contribution >= 4 is 0 Å². The van der Waals surface area contributed by atoms with E-state index < -0.39 is 0 Å². The Bertz CT molecular complexity index is 687. The van der Waals surface area contributed by atoms with Crippen LogP contribution in [0.15, 0.2) is 18.2 Å². The highest BCUT2D eigenvalue weighted by molar-refractivity contribution is 5.81. The van der Waals surface area contributed by atoms with Gasteiger partial charge in [-0.3, -0.25) is 0 Å². The minimum Gasteiger partial charge on any atom is -0.508 e. The van der Waals surface area contributed by atoms with Crippen molar-refractivity contribution in [2.24, 2.45) is 0 Å². The average Bonchev–Trinajstić information content (AvgIpc) is 2.39. The first-order valence-corrected chi connectivity index (χ1v) is 6.28. The summed E-state index contributed by atoms with van der Waals surface area (Å²) in [7, 11) is 0. The highest BCUT2D eigenvalue weighted by Crippen LogP contribution is 2.46. The van der Waals surface area contributed by atoms with E-state index in [4.69, 9.17) is 4.74 Å². The molecule has 0 radical (unpaired) electrons. The molecule has 0 unspecified atom stereocenters. The zero-order chi connectivity index (χ0) is 13.7. The van der Waals surface area contributed by atoms with Gasteiger partial charge < -0.3 is 14.9 Å². The summed E-state index contributed by atoms with van der Waals surface area (Å²) in [5, 5.41) is 19.7. The molecule has 0 fully saturated rings. The van der Waals surface area contributed by atoms with Gasteiger partial charge in [0.1, 0.15) is 23.9 Å². The van der Waals surface area contributed by atoms with E-state index in [0.29, 0.717) is 12.4 Å². The Kier molecular flexibility index (Phi) is 2.45. The van der Waals surface area contributed by atoms with Crippen LogP contribution < -0.4 is 4.74 Å². The fraction of sp³-hybridized carbons (Fsp3) is 0.250. The Labute approximate surface area is 112 Å². The molecule has 1 heterocycles. The van der Waals surface area contributed by atoms with Crippen molar-refractivity contribution < 1.29 is 14.9 Å². The third-order valence-corrected chi connectivity index (χ3v) is 3.89. The summed E-state index contributed by atoms with van der Waals surface area (Å²) >= 11 is 0. The monoisotopic (exact) mass is 256 g/mol. The highest BCUT2D eigenvalue weighted by Gasteiger charge is 2.24. The van der Waals surface area contributed by atoms with E-state index in [9.17, 15) is 10.2 Å². The number of rotatable bonds is 0. The minimum atomic E-state index is 0.246. The van der Waals surface area contributed by atoms with E-state index in [1.807, 2.05) is 26.8 Å². The second kappa shape index (κ2) is 3.92. The zero-order valence-electron chi connectivity index (χ0n) is 11.2. The minimum absolute atomic E-state index is 0.246. The van der Waals surface area contributed by atoms with Crippen molar-refractivity contribution in [2.75, 3.05) is 0 Å². The maximum Gasteiger partial charge on any atom is 0.134 e. The molecule has 3 rings (SSSR count). The molecule has 0 aromatic heterocycles. The van der Waals surface area contributed by atoms with Crippen molar-refractivity contribution in [3.05, 3.63) is 40.5 Å². The summed E-state index contributed by atoms with van der Waals surface area (Å²) in [5.41, 5.74) is 5.75. The third-order valence-electron chi connectivity index (χ3n) is 3.89. The fourth-order valence-electron chi connectivity index (χ4n) is 2.73. The lowest BCUT2D eigenvalue weighted by molar-refractivity contribution is 0.296. The van der Waals surface area contributed by atoms with Gasteiger partial charge in [-0.2, -0.15) is 0 Å². The number of hydrogen-bond acceptors (Lipinski definition) is 3. The van der Waals surface area contributed by atoms with E-state index in [1.165, 1.54) is 0 Å². The van der Waals surface area contributed by atoms with Crippen molar-refractivity contribution in [3.8, 4) is 28.4 Å². The van der Waals surface area contributed by atoms with Crippen LogP contribution in [0.4, 0.5) is 0 Å². The lowest BCUT2D eigenvalue weighted by Crippen LogP contribution is -2.10. The molecule has 3 nitrogen and oxygen atoms in total. The Hall–Kier alpha value is -2.16. The van der Waals surface area contributed by atoms with E-state index >= 15 is 0 Å². The van der Waals surface area contributed by atoms with Crippen LogP contribution in [0.25, 0.3) is 11.1 Å². The molecular formula is C16H16O3. The second-order valence-corrected chi connectivity index (χ2v) is 5.07. The molecule has 0 spiro atoms. The molecule has 3 heteroatoms. The van der Waals surface area contributed by atoms with Crippen molar-refractivity contribution in [1.82, 2.24) is 0 Å². The Morgan fingerprint density at radius 1 is 1.00 bits per heavy atom. The number of aromatic hydroxyl groups is 2. The van der Waals surface area contributed by atoms with E-state index in [0.717, 1.165) is 39.1 Å². The number of phenols is 2. The molecular weight excluding hydrogens is 240 g/mol. The summed E-state index contributed by atoms with van der Waals surface area (Å²) in [6, 6.07) is 5.35. The summed E-state index contributed by atoms with van der Waals surface area (Å²) in [4.78, 5) is 0. The maximum absolute atomic E-state index is 9.91. The van der Waals surface area contributed by atoms with E-state index in [2.05, 4.69) is 0 Å². The van der Waals surface area contributed by atoms with E-state index in [1.54, 1.807) is 12.1 Å². The maximum atomic E-state index is 9.91. The molecule has 2 N–H and O–H groups in total. The van der Waals surface area contributed by atoms with Crippen molar-refractivity contribution in [2.45, 2.75) is 27.4 Å². The van der Waals surface area contributed by atoms with Gasteiger partial charge in [-0.05, 0) is 55.7 Å². The molecule has 0 saturated heterocycles. The lowest BCUT2D eigenvalue weighted by Gasteiger charge is -2.26. The van der Waals surface area contributed by atoms with Crippen LogP contribution >= 0.6 is 0 Å². The van der Waals surface area contributed by atoms with Gasteiger partial charge >= 0.3 is 0 Å². The predicted molar refractivity (Wildman–Crippen MR) is 73.8 cm³/mol. The lowest BCUT2D eigenvalue weighted by atomic mass is 9.88. The molecule has 0 aliphatic carbocycles. The number of fused-ring (bicyclic) bond motifs is 3. The SMILES string of the molecule is Cc1cc(O)c(C)c2c1-c1ccc(O)c(C)c1OC2. The predicted octanol–water partition coefficient (Wildman–Crippen LogP) is 3.58. The van der Waals surface area contributed by atoms with Crippen LogP contribution in [-0.4, -0.2) is 10.2 Å². The van der Waals surface area contributed by atoms with E-state index in [-0.39, 0.29) is 5.75 Å². The Morgan fingerprint density at radius 3 is 2.47 bits per heavy atom. The Balaban J connectivity index is 2.37. The van der Waals surface area contributed by atoms with Gasteiger partial charge in [-0.25, -0.2) is 0 Å². The molecule has 1 aliphatic heterocycles. The first-order chi connectivity index (χ1) is 9.00. The number of ether oxygens (including phenoxy) is 1. The molecule has 2 aromatic carbocycles. The van der Waals surface area contributed by atoms with Gasteiger partial charge in [0.25, 0.3) is 0 Å². The topological polar surface area (TPSA) is 49.7 Å². The smallest absolute Gasteiger partial charge is 0.134 e. The van der Waals surface area contributed by atoms with Crippen LogP contribution in [0.3, 0.4) is 0 Å². The van der Waals surface area contributed by atoms with Crippen molar-refractivity contribution in [1.29, 1.82) is 0 Å². The Morgan fingerprint density at radius 2 is 1.74 bits per heavy atom. The first-order valence-electron chi connectivity index (χ1n) is 6.28. The molecule has 0 atom stereocenters.